The molecule has 0 aliphatic carbocycles. The number of rotatable bonds is 4. The first kappa shape index (κ1) is 14.7. The quantitative estimate of drug-likeness (QED) is 0.902. The zero-order valence-electron chi connectivity index (χ0n) is 12.4. The van der Waals surface area contributed by atoms with Crippen molar-refractivity contribution in [1.29, 1.82) is 0 Å². The maximum atomic E-state index is 11.8. The number of nitrogens with zero attached hydrogens (tertiary/aromatic N) is 4. The first-order valence-electron chi connectivity index (χ1n) is 7.25. The van der Waals surface area contributed by atoms with Crippen molar-refractivity contribution < 1.29 is 4.79 Å². The van der Waals surface area contributed by atoms with E-state index < -0.39 is 0 Å². The van der Waals surface area contributed by atoms with E-state index in [0.29, 0.717) is 11.7 Å². The molecule has 0 unspecified atom stereocenters. The molecule has 8 heteroatoms. The number of urea groups is 1. The Morgan fingerprint density at radius 1 is 1.32 bits per heavy atom. The van der Waals surface area contributed by atoms with Crippen molar-refractivity contribution in [3.8, 4) is 0 Å². The minimum Gasteiger partial charge on any atom is -0.357 e. The molecule has 22 heavy (non-hydrogen) atoms. The molecule has 1 fully saturated rings. The molecule has 0 aromatic carbocycles. The second-order valence-electron chi connectivity index (χ2n) is 5.15. The Bertz CT molecular complexity index is 635. The molecule has 2 aromatic rings. The second kappa shape index (κ2) is 6.69. The fourth-order valence-corrected chi connectivity index (χ4v) is 2.91. The van der Waals surface area contributed by atoms with Crippen molar-refractivity contribution in [2.75, 3.05) is 23.3 Å². The van der Waals surface area contributed by atoms with E-state index in [1.54, 1.807) is 0 Å². The number of aryl methyl sites for hydroxylation is 1. The van der Waals surface area contributed by atoms with Crippen LogP contribution in [0.25, 0.3) is 0 Å². The zero-order valence-corrected chi connectivity index (χ0v) is 13.2. The van der Waals surface area contributed by atoms with Crippen molar-refractivity contribution >= 4 is 28.3 Å². The van der Waals surface area contributed by atoms with Gasteiger partial charge in [0, 0.05) is 25.8 Å². The van der Waals surface area contributed by atoms with E-state index in [9.17, 15) is 4.79 Å². The highest BCUT2D eigenvalue weighted by atomic mass is 32.1. The molecule has 1 aliphatic rings. The maximum Gasteiger partial charge on any atom is 0.321 e. The van der Waals surface area contributed by atoms with Gasteiger partial charge in [-0.3, -0.25) is 5.32 Å². The molecular weight excluding hydrogens is 300 g/mol. The highest BCUT2D eigenvalue weighted by Gasteiger charge is 2.13. The van der Waals surface area contributed by atoms with Gasteiger partial charge in [0.25, 0.3) is 0 Å². The molecule has 0 saturated carbocycles. The summed E-state index contributed by atoms with van der Waals surface area (Å²) in [6, 6.07) is 3.71. The monoisotopic (exact) mass is 318 g/mol. The van der Waals surface area contributed by atoms with Crippen LogP contribution in [0, 0.1) is 6.92 Å². The third kappa shape index (κ3) is 3.70. The van der Waals surface area contributed by atoms with Crippen molar-refractivity contribution in [3.05, 3.63) is 28.9 Å². The van der Waals surface area contributed by atoms with Gasteiger partial charge < -0.3 is 10.2 Å². The number of carbonyl (C=O) groups is 1. The summed E-state index contributed by atoms with van der Waals surface area (Å²) in [5, 5.41) is 14.4. The van der Waals surface area contributed by atoms with Gasteiger partial charge >= 0.3 is 6.03 Å². The second-order valence-corrected chi connectivity index (χ2v) is 6.33. The first-order chi connectivity index (χ1) is 10.7. The lowest BCUT2D eigenvalue weighted by Crippen LogP contribution is -2.28. The van der Waals surface area contributed by atoms with Crippen LogP contribution in [-0.2, 0) is 6.54 Å². The van der Waals surface area contributed by atoms with Gasteiger partial charge in [0.2, 0.25) is 5.13 Å². The van der Waals surface area contributed by atoms with Gasteiger partial charge in [0.1, 0.15) is 10.8 Å². The molecule has 0 atom stereocenters. The van der Waals surface area contributed by atoms with Crippen molar-refractivity contribution in [2.24, 2.45) is 0 Å². The number of nitrogens with one attached hydrogen (secondary N) is 2. The van der Waals surface area contributed by atoms with Gasteiger partial charge in [-0.1, -0.05) is 17.4 Å². The topological polar surface area (TPSA) is 83.0 Å². The predicted molar refractivity (Wildman–Crippen MR) is 86.2 cm³/mol. The number of anilines is 2. The summed E-state index contributed by atoms with van der Waals surface area (Å²) < 4.78 is 0. The van der Waals surface area contributed by atoms with Gasteiger partial charge in [-0.05, 0) is 31.4 Å². The number of aromatic nitrogens is 3. The van der Waals surface area contributed by atoms with Crippen LogP contribution >= 0.6 is 11.3 Å². The number of hydrogen-bond donors (Lipinski definition) is 2. The van der Waals surface area contributed by atoms with Gasteiger partial charge in [-0.15, -0.1) is 10.2 Å². The molecule has 0 radical (unpaired) electrons. The smallest absolute Gasteiger partial charge is 0.321 e. The number of pyridine rings is 1. The van der Waals surface area contributed by atoms with Crippen LogP contribution in [0.15, 0.2) is 18.3 Å². The minimum atomic E-state index is -0.292. The van der Waals surface area contributed by atoms with E-state index in [-0.39, 0.29) is 6.03 Å². The Labute approximate surface area is 132 Å². The lowest BCUT2D eigenvalue weighted by Gasteiger charge is -2.16. The molecule has 3 rings (SSSR count). The predicted octanol–water partition coefficient (Wildman–Crippen LogP) is 2.16. The SMILES string of the molecule is Cc1nnc(NC(=O)NCc2ccc(N3CCCC3)nc2)s1. The van der Waals surface area contributed by atoms with Gasteiger partial charge in [-0.2, -0.15) is 0 Å². The van der Waals surface area contributed by atoms with E-state index in [4.69, 9.17) is 0 Å². The lowest BCUT2D eigenvalue weighted by atomic mass is 10.3. The van der Waals surface area contributed by atoms with Crippen LogP contribution in [0.3, 0.4) is 0 Å². The standard InChI is InChI=1S/C14H18N6OS/c1-10-18-19-14(22-10)17-13(21)16-9-11-4-5-12(15-8-11)20-6-2-3-7-20/h4-5,8H,2-3,6-7,9H2,1H3,(H2,16,17,19,21). The van der Waals surface area contributed by atoms with E-state index in [2.05, 4.69) is 30.7 Å². The minimum absolute atomic E-state index is 0.292. The third-order valence-electron chi connectivity index (χ3n) is 3.44. The van der Waals surface area contributed by atoms with Gasteiger partial charge in [-0.25, -0.2) is 9.78 Å². The van der Waals surface area contributed by atoms with Crippen molar-refractivity contribution in [2.45, 2.75) is 26.3 Å². The summed E-state index contributed by atoms with van der Waals surface area (Å²) in [5.74, 6) is 1.01. The maximum absolute atomic E-state index is 11.8. The van der Waals surface area contributed by atoms with Gasteiger partial charge in [0.05, 0.1) is 0 Å². The number of hydrogen-bond acceptors (Lipinski definition) is 6. The molecule has 116 valence electrons. The van der Waals surface area contributed by atoms with E-state index >= 15 is 0 Å². The average molecular weight is 318 g/mol. The summed E-state index contributed by atoms with van der Waals surface area (Å²) in [7, 11) is 0. The Balaban J connectivity index is 1.49. The van der Waals surface area contributed by atoms with Crippen molar-refractivity contribution in [3.63, 3.8) is 0 Å². The first-order valence-corrected chi connectivity index (χ1v) is 8.07. The highest BCUT2D eigenvalue weighted by Crippen LogP contribution is 2.17. The summed E-state index contributed by atoms with van der Waals surface area (Å²) in [4.78, 5) is 18.5. The summed E-state index contributed by atoms with van der Waals surface area (Å²) in [5.41, 5.74) is 0.964. The lowest BCUT2D eigenvalue weighted by molar-refractivity contribution is 0.251. The number of carbonyl (C=O) groups excluding carboxylic acids is 1. The largest absolute Gasteiger partial charge is 0.357 e. The molecule has 2 aromatic heterocycles. The molecule has 2 N–H and O–H groups in total. The van der Waals surface area contributed by atoms with Crippen LogP contribution in [0.4, 0.5) is 15.7 Å². The van der Waals surface area contributed by atoms with Gasteiger partial charge in [0.15, 0.2) is 0 Å². The molecule has 0 bridgehead atoms. The molecule has 2 amide bonds. The third-order valence-corrected chi connectivity index (χ3v) is 4.19. The Morgan fingerprint density at radius 3 is 2.77 bits per heavy atom. The van der Waals surface area contributed by atoms with E-state index in [1.165, 1.54) is 24.2 Å². The normalized spacial score (nSPS) is 14.1. The fourth-order valence-electron chi connectivity index (χ4n) is 2.33. The summed E-state index contributed by atoms with van der Waals surface area (Å²) in [6.45, 7) is 4.42. The summed E-state index contributed by atoms with van der Waals surface area (Å²) in [6.07, 6.45) is 4.27. The summed E-state index contributed by atoms with van der Waals surface area (Å²) >= 11 is 1.34. The van der Waals surface area contributed by atoms with Crippen molar-refractivity contribution in [1.82, 2.24) is 20.5 Å². The Morgan fingerprint density at radius 2 is 2.14 bits per heavy atom. The van der Waals surface area contributed by atoms with E-state index in [0.717, 1.165) is 29.5 Å². The average Bonchev–Trinajstić information content (AvgIpc) is 3.18. The van der Waals surface area contributed by atoms with Crippen LogP contribution in [0.5, 0.6) is 0 Å². The molecule has 0 spiro atoms. The van der Waals surface area contributed by atoms with Crippen LogP contribution in [0.1, 0.15) is 23.4 Å². The van der Waals surface area contributed by atoms with E-state index in [1.807, 2.05) is 25.3 Å². The Kier molecular flexibility index (Phi) is 4.47. The highest BCUT2D eigenvalue weighted by molar-refractivity contribution is 7.15. The molecule has 1 aliphatic heterocycles. The van der Waals surface area contributed by atoms with Crippen LogP contribution in [0.2, 0.25) is 0 Å². The molecule has 7 nitrogen and oxygen atoms in total. The van der Waals surface area contributed by atoms with Crippen LogP contribution in [-0.4, -0.2) is 34.3 Å². The Hall–Kier alpha value is -2.22. The fraction of sp³-hybridized carbons (Fsp3) is 0.429. The number of amides is 2. The van der Waals surface area contributed by atoms with Crippen LogP contribution < -0.4 is 15.5 Å². The zero-order chi connectivity index (χ0) is 15.4. The molecular formula is C14H18N6OS. The molecule has 3 heterocycles. The molecule has 1 saturated heterocycles.